The average Bonchev–Trinajstić information content (AvgIpc) is 2.85. The summed E-state index contributed by atoms with van der Waals surface area (Å²) in [5.41, 5.74) is 2.97. The van der Waals surface area contributed by atoms with E-state index in [4.69, 9.17) is 16.3 Å². The van der Waals surface area contributed by atoms with Gasteiger partial charge in [-0.3, -0.25) is 0 Å². The maximum Gasteiger partial charge on any atom is 0.206 e. The molecule has 0 amide bonds. The summed E-state index contributed by atoms with van der Waals surface area (Å²) in [6.45, 7) is 4.34. The minimum Gasteiger partial charge on any atom is -0.508 e. The molecule has 0 fully saturated rings. The van der Waals surface area contributed by atoms with Crippen LogP contribution in [0.5, 0.6) is 17.2 Å². The summed E-state index contributed by atoms with van der Waals surface area (Å²) in [5.74, 6) is 1.42. The summed E-state index contributed by atoms with van der Waals surface area (Å²) in [7, 11) is -3.69. The molecule has 6 heteroatoms. The van der Waals surface area contributed by atoms with E-state index in [0.717, 1.165) is 11.1 Å². The fourth-order valence-corrected chi connectivity index (χ4v) is 5.24. The molecule has 0 atom stereocenters. The number of ether oxygens (including phenoxy) is 1. The van der Waals surface area contributed by atoms with E-state index in [1.165, 1.54) is 42.0 Å². The first kappa shape index (κ1) is 23.9. The Bertz CT molecular complexity index is 1380. The maximum absolute atomic E-state index is 12.8. The first-order chi connectivity index (χ1) is 16.2. The van der Waals surface area contributed by atoms with Crippen LogP contribution in [0, 0.1) is 0 Å². The van der Waals surface area contributed by atoms with Gasteiger partial charge in [0.25, 0.3) is 0 Å². The van der Waals surface area contributed by atoms with Crippen LogP contribution in [-0.2, 0) is 21.1 Å². The maximum atomic E-state index is 12.8. The predicted octanol–water partition coefficient (Wildman–Crippen LogP) is 7.08. The van der Waals surface area contributed by atoms with Crippen LogP contribution in [0.3, 0.4) is 0 Å². The standard InChI is InChI=1S/C28H25ClO4S/c1-28(2,21-6-4-3-5-7-21)22-8-17-27(20(18-22)19-29)33-24-11-15-26(16-12-24)34(31,32)25-13-9-23(30)10-14-25/h3-18,30H,19H2,1-2H3. The largest absolute Gasteiger partial charge is 0.508 e. The van der Waals surface area contributed by atoms with E-state index >= 15 is 0 Å². The molecule has 0 spiro atoms. The zero-order valence-corrected chi connectivity index (χ0v) is 20.5. The van der Waals surface area contributed by atoms with E-state index in [2.05, 4.69) is 32.0 Å². The molecular formula is C28H25ClO4S. The Balaban J connectivity index is 1.58. The molecule has 0 radical (unpaired) electrons. The molecule has 0 aliphatic heterocycles. The van der Waals surface area contributed by atoms with Crippen molar-refractivity contribution in [3.8, 4) is 17.2 Å². The molecular weight excluding hydrogens is 468 g/mol. The Hall–Kier alpha value is -3.28. The molecule has 4 aromatic rings. The molecule has 1 N–H and O–H groups in total. The third-order valence-corrected chi connectivity index (χ3v) is 8.00. The lowest BCUT2D eigenvalue weighted by atomic mass is 9.78. The number of rotatable bonds is 7. The average molecular weight is 493 g/mol. The summed E-state index contributed by atoms with van der Waals surface area (Å²) >= 11 is 6.25. The van der Waals surface area contributed by atoms with Crippen molar-refractivity contribution in [1.82, 2.24) is 0 Å². The quantitative estimate of drug-likeness (QED) is 0.280. The number of hydrogen-bond donors (Lipinski definition) is 1. The van der Waals surface area contributed by atoms with Crippen LogP contribution in [0.4, 0.5) is 0 Å². The number of benzene rings is 4. The summed E-state index contributed by atoms with van der Waals surface area (Å²) in [4.78, 5) is 0.253. The zero-order valence-electron chi connectivity index (χ0n) is 18.9. The molecule has 4 aromatic carbocycles. The number of halogens is 1. The van der Waals surface area contributed by atoms with E-state index in [0.29, 0.717) is 11.5 Å². The molecule has 0 unspecified atom stereocenters. The van der Waals surface area contributed by atoms with Crippen molar-refractivity contribution < 1.29 is 18.3 Å². The van der Waals surface area contributed by atoms with Crippen LogP contribution in [0.1, 0.15) is 30.5 Å². The Labute approximate surface area is 205 Å². The lowest BCUT2D eigenvalue weighted by molar-refractivity contribution is 0.474. The molecule has 4 nitrogen and oxygen atoms in total. The third-order valence-electron chi connectivity index (χ3n) is 5.93. The second kappa shape index (κ2) is 9.53. The van der Waals surface area contributed by atoms with E-state index in [1.54, 1.807) is 12.1 Å². The highest BCUT2D eigenvalue weighted by Crippen LogP contribution is 2.36. The monoisotopic (exact) mass is 492 g/mol. The second-order valence-corrected chi connectivity index (χ2v) is 10.7. The lowest BCUT2D eigenvalue weighted by Crippen LogP contribution is -2.19. The Morgan fingerprint density at radius 2 is 1.38 bits per heavy atom. The van der Waals surface area contributed by atoms with Crippen LogP contribution < -0.4 is 4.74 Å². The topological polar surface area (TPSA) is 63.6 Å². The van der Waals surface area contributed by atoms with E-state index < -0.39 is 9.84 Å². The molecule has 34 heavy (non-hydrogen) atoms. The number of phenolic OH excluding ortho intramolecular Hbond substituents is 1. The summed E-state index contributed by atoms with van der Waals surface area (Å²) in [6, 6.07) is 28.0. The van der Waals surface area contributed by atoms with E-state index in [-0.39, 0.29) is 26.8 Å². The number of phenols is 1. The van der Waals surface area contributed by atoms with Crippen molar-refractivity contribution in [1.29, 1.82) is 0 Å². The highest BCUT2D eigenvalue weighted by Gasteiger charge is 2.24. The first-order valence-corrected chi connectivity index (χ1v) is 12.8. The smallest absolute Gasteiger partial charge is 0.206 e. The van der Waals surface area contributed by atoms with Crippen molar-refractivity contribution in [2.75, 3.05) is 0 Å². The van der Waals surface area contributed by atoms with Gasteiger partial charge in [-0.1, -0.05) is 50.2 Å². The fourth-order valence-electron chi connectivity index (χ4n) is 3.77. The Morgan fingerprint density at radius 1 is 0.794 bits per heavy atom. The van der Waals surface area contributed by atoms with Gasteiger partial charge in [-0.2, -0.15) is 0 Å². The molecule has 174 valence electrons. The molecule has 0 aliphatic rings. The normalized spacial score (nSPS) is 11.9. The van der Waals surface area contributed by atoms with Crippen LogP contribution >= 0.6 is 11.6 Å². The van der Waals surface area contributed by atoms with Crippen molar-refractivity contribution in [3.63, 3.8) is 0 Å². The molecule has 0 aliphatic carbocycles. The molecule has 0 bridgehead atoms. The number of aromatic hydroxyl groups is 1. The van der Waals surface area contributed by atoms with Gasteiger partial charge in [-0.25, -0.2) is 8.42 Å². The molecule has 4 rings (SSSR count). The van der Waals surface area contributed by atoms with Gasteiger partial charge in [-0.15, -0.1) is 11.6 Å². The van der Waals surface area contributed by atoms with E-state index in [1.807, 2.05) is 30.3 Å². The van der Waals surface area contributed by atoms with Gasteiger partial charge >= 0.3 is 0 Å². The lowest BCUT2D eigenvalue weighted by Gasteiger charge is -2.27. The van der Waals surface area contributed by atoms with Crippen molar-refractivity contribution in [3.05, 3.63) is 114 Å². The highest BCUT2D eigenvalue weighted by molar-refractivity contribution is 7.91. The van der Waals surface area contributed by atoms with E-state index in [9.17, 15) is 13.5 Å². The van der Waals surface area contributed by atoms with Gasteiger partial charge in [-0.05, 0) is 71.8 Å². The third kappa shape index (κ3) is 4.81. The SMILES string of the molecule is CC(C)(c1ccccc1)c1ccc(Oc2ccc(S(=O)(=O)c3ccc(O)cc3)cc2)c(CCl)c1. The highest BCUT2D eigenvalue weighted by atomic mass is 35.5. The van der Waals surface area contributed by atoms with Gasteiger partial charge in [0.05, 0.1) is 15.7 Å². The second-order valence-electron chi connectivity index (χ2n) is 8.52. The van der Waals surface area contributed by atoms with Gasteiger partial charge < -0.3 is 9.84 Å². The minimum atomic E-state index is -3.69. The van der Waals surface area contributed by atoms with Gasteiger partial charge in [0.1, 0.15) is 17.2 Å². The summed E-state index contributed by atoms with van der Waals surface area (Å²) in [5, 5.41) is 9.41. The number of alkyl halides is 1. The summed E-state index contributed by atoms with van der Waals surface area (Å²) in [6.07, 6.45) is 0. The minimum absolute atomic E-state index is 0.0102. The van der Waals surface area contributed by atoms with Gasteiger partial charge in [0, 0.05) is 11.0 Å². The van der Waals surface area contributed by atoms with Crippen LogP contribution in [0.25, 0.3) is 0 Å². The van der Waals surface area contributed by atoms with Crippen LogP contribution in [0.15, 0.2) is 107 Å². The van der Waals surface area contributed by atoms with Crippen molar-refractivity contribution >= 4 is 21.4 Å². The molecule has 0 aromatic heterocycles. The molecule has 0 saturated heterocycles. The van der Waals surface area contributed by atoms with Crippen molar-refractivity contribution in [2.24, 2.45) is 0 Å². The Morgan fingerprint density at radius 3 is 1.97 bits per heavy atom. The van der Waals surface area contributed by atoms with Crippen molar-refractivity contribution in [2.45, 2.75) is 34.9 Å². The fraction of sp³-hybridized carbons (Fsp3) is 0.143. The van der Waals surface area contributed by atoms with Crippen LogP contribution in [-0.4, -0.2) is 13.5 Å². The van der Waals surface area contributed by atoms with Gasteiger partial charge in [0.2, 0.25) is 9.84 Å². The van der Waals surface area contributed by atoms with Gasteiger partial charge in [0.15, 0.2) is 0 Å². The Kier molecular flexibility index (Phi) is 6.69. The number of sulfone groups is 1. The summed E-state index contributed by atoms with van der Waals surface area (Å²) < 4.78 is 31.7. The molecule has 0 saturated carbocycles. The first-order valence-electron chi connectivity index (χ1n) is 10.8. The zero-order chi connectivity index (χ0) is 24.3. The molecule has 0 heterocycles. The number of hydrogen-bond acceptors (Lipinski definition) is 4. The van der Waals surface area contributed by atoms with Crippen LogP contribution in [0.2, 0.25) is 0 Å². The predicted molar refractivity (Wildman–Crippen MR) is 135 cm³/mol.